The van der Waals surface area contributed by atoms with Gasteiger partial charge in [-0.25, -0.2) is 4.98 Å². The van der Waals surface area contributed by atoms with Gasteiger partial charge in [0.1, 0.15) is 11.6 Å². The number of hydrogen-bond acceptors (Lipinski definition) is 4. The van der Waals surface area contributed by atoms with Crippen molar-refractivity contribution in [2.24, 2.45) is 0 Å². The quantitative estimate of drug-likeness (QED) is 0.755. The maximum Gasteiger partial charge on any atom is 0.265 e. The minimum atomic E-state index is -0.567. The molecule has 1 aliphatic rings. The lowest BCUT2D eigenvalue weighted by atomic mass is 10.1. The number of benzene rings is 2. The molecule has 4 rings (SSSR count). The molecule has 0 saturated carbocycles. The van der Waals surface area contributed by atoms with E-state index in [0.29, 0.717) is 28.7 Å². The van der Waals surface area contributed by atoms with Crippen LogP contribution in [0.15, 0.2) is 42.5 Å². The van der Waals surface area contributed by atoms with Gasteiger partial charge >= 0.3 is 0 Å². The number of aromatic nitrogens is 3. The van der Waals surface area contributed by atoms with E-state index in [2.05, 4.69) is 20.5 Å². The van der Waals surface area contributed by atoms with Crippen molar-refractivity contribution in [2.45, 2.75) is 19.4 Å². The third kappa shape index (κ3) is 3.21. The molecule has 7 heteroatoms. The topological polar surface area (TPSA) is 79.9 Å². The molecule has 2 heterocycles. The van der Waals surface area contributed by atoms with Crippen LogP contribution >= 0.6 is 11.6 Å². The molecule has 1 unspecified atom stereocenters. The molecule has 6 nitrogen and oxygen atoms in total. The van der Waals surface area contributed by atoms with Crippen molar-refractivity contribution in [3.8, 4) is 17.1 Å². The second-order valence-electron chi connectivity index (χ2n) is 5.88. The Bertz CT molecular complexity index is 954. The zero-order valence-corrected chi connectivity index (χ0v) is 14.2. The summed E-state index contributed by atoms with van der Waals surface area (Å²) < 4.78 is 5.71. The third-order valence-electron chi connectivity index (χ3n) is 3.98. The molecule has 1 aliphatic heterocycles. The van der Waals surface area contributed by atoms with Gasteiger partial charge in [0, 0.05) is 22.7 Å². The molecule has 0 radical (unpaired) electrons. The fourth-order valence-corrected chi connectivity index (χ4v) is 2.99. The molecule has 0 bridgehead atoms. The molecular formula is C18H15ClN4O2. The standard InChI is InChI=1S/C18H15ClN4O2/c1-10-20-17(23-22-10)11-3-2-4-14(8-11)21-18(24)16-9-12-7-13(19)5-6-15(12)25-16/h2-8,16H,9H2,1H3,(H,21,24)(H,20,22,23). The number of nitrogens with one attached hydrogen (secondary N) is 2. The van der Waals surface area contributed by atoms with E-state index < -0.39 is 6.10 Å². The minimum Gasteiger partial charge on any atom is -0.480 e. The first kappa shape index (κ1) is 15.7. The monoisotopic (exact) mass is 354 g/mol. The van der Waals surface area contributed by atoms with E-state index in [1.54, 1.807) is 12.1 Å². The van der Waals surface area contributed by atoms with E-state index in [-0.39, 0.29) is 5.91 Å². The molecule has 1 aromatic heterocycles. The Morgan fingerprint density at radius 3 is 3.00 bits per heavy atom. The Hall–Kier alpha value is -2.86. The number of halogens is 1. The molecule has 0 spiro atoms. The largest absolute Gasteiger partial charge is 0.480 e. The van der Waals surface area contributed by atoms with Gasteiger partial charge in [-0.3, -0.25) is 9.89 Å². The van der Waals surface area contributed by atoms with Crippen LogP contribution in [0.3, 0.4) is 0 Å². The van der Waals surface area contributed by atoms with E-state index >= 15 is 0 Å². The van der Waals surface area contributed by atoms with Gasteiger partial charge in [-0.2, -0.15) is 5.10 Å². The van der Waals surface area contributed by atoms with Gasteiger partial charge in [-0.15, -0.1) is 0 Å². The summed E-state index contributed by atoms with van der Waals surface area (Å²) in [4.78, 5) is 16.8. The molecule has 0 aliphatic carbocycles. The SMILES string of the molecule is Cc1nc(-c2cccc(NC(=O)C3Cc4cc(Cl)ccc4O3)c2)n[nH]1. The fourth-order valence-electron chi connectivity index (χ4n) is 2.79. The summed E-state index contributed by atoms with van der Waals surface area (Å²) in [7, 11) is 0. The zero-order valence-electron chi connectivity index (χ0n) is 13.4. The molecule has 2 N–H and O–H groups in total. The molecular weight excluding hydrogens is 340 g/mol. The van der Waals surface area contributed by atoms with Crippen molar-refractivity contribution >= 4 is 23.2 Å². The Balaban J connectivity index is 1.49. The summed E-state index contributed by atoms with van der Waals surface area (Å²) in [6.07, 6.45) is -0.0653. The fraction of sp³-hybridized carbons (Fsp3) is 0.167. The van der Waals surface area contributed by atoms with E-state index in [4.69, 9.17) is 16.3 Å². The number of aryl methyl sites for hydroxylation is 1. The number of rotatable bonds is 3. The number of ether oxygens (including phenoxy) is 1. The van der Waals surface area contributed by atoms with Gasteiger partial charge in [-0.1, -0.05) is 23.7 Å². The van der Waals surface area contributed by atoms with Gasteiger partial charge in [0.25, 0.3) is 5.91 Å². The Kier molecular flexibility index (Phi) is 3.89. The summed E-state index contributed by atoms with van der Waals surface area (Å²) in [5.41, 5.74) is 2.43. The first-order chi connectivity index (χ1) is 12.1. The summed E-state index contributed by atoms with van der Waals surface area (Å²) >= 11 is 5.99. The Labute approximate surface area is 149 Å². The molecule has 0 saturated heterocycles. The van der Waals surface area contributed by atoms with Crippen LogP contribution in [0, 0.1) is 6.92 Å². The van der Waals surface area contributed by atoms with Crippen LogP contribution in [0.25, 0.3) is 11.4 Å². The number of fused-ring (bicyclic) bond motifs is 1. The second-order valence-corrected chi connectivity index (χ2v) is 6.31. The van der Waals surface area contributed by atoms with Crippen molar-refractivity contribution in [2.75, 3.05) is 5.32 Å². The number of carbonyl (C=O) groups excluding carboxylic acids is 1. The van der Waals surface area contributed by atoms with Gasteiger partial charge in [0.2, 0.25) is 0 Å². The lowest BCUT2D eigenvalue weighted by molar-refractivity contribution is -0.122. The van der Waals surface area contributed by atoms with Gasteiger partial charge in [0.05, 0.1) is 0 Å². The molecule has 0 fully saturated rings. The normalized spacial score (nSPS) is 15.5. The number of carbonyl (C=O) groups is 1. The van der Waals surface area contributed by atoms with E-state index in [1.807, 2.05) is 37.3 Å². The summed E-state index contributed by atoms with van der Waals surface area (Å²) in [5, 5.41) is 10.5. The van der Waals surface area contributed by atoms with Crippen molar-refractivity contribution in [1.82, 2.24) is 15.2 Å². The van der Waals surface area contributed by atoms with Crippen LogP contribution in [-0.2, 0) is 11.2 Å². The van der Waals surface area contributed by atoms with E-state index in [0.717, 1.165) is 17.0 Å². The molecule has 1 atom stereocenters. The van der Waals surface area contributed by atoms with Gasteiger partial charge in [0.15, 0.2) is 11.9 Å². The highest BCUT2D eigenvalue weighted by atomic mass is 35.5. The number of aromatic amines is 1. The average molecular weight is 355 g/mol. The van der Waals surface area contributed by atoms with Crippen LogP contribution in [0.2, 0.25) is 5.02 Å². The van der Waals surface area contributed by atoms with Crippen LogP contribution in [0.1, 0.15) is 11.4 Å². The number of H-pyrrole nitrogens is 1. The molecule has 1 amide bonds. The number of amides is 1. The van der Waals surface area contributed by atoms with Gasteiger partial charge < -0.3 is 10.1 Å². The first-order valence-corrected chi connectivity index (χ1v) is 8.22. The second kappa shape index (κ2) is 6.22. The van der Waals surface area contributed by atoms with Crippen molar-refractivity contribution in [3.63, 3.8) is 0 Å². The number of anilines is 1. The Morgan fingerprint density at radius 1 is 1.32 bits per heavy atom. The van der Waals surface area contributed by atoms with Crippen LogP contribution < -0.4 is 10.1 Å². The molecule has 2 aromatic carbocycles. The van der Waals surface area contributed by atoms with Gasteiger partial charge in [-0.05, 0) is 42.8 Å². The van der Waals surface area contributed by atoms with Crippen molar-refractivity contribution in [3.05, 3.63) is 58.9 Å². The lowest BCUT2D eigenvalue weighted by Gasteiger charge is -2.11. The third-order valence-corrected chi connectivity index (χ3v) is 4.21. The summed E-state index contributed by atoms with van der Waals surface area (Å²) in [6.45, 7) is 1.84. The van der Waals surface area contributed by atoms with Crippen LogP contribution in [0.4, 0.5) is 5.69 Å². The van der Waals surface area contributed by atoms with Crippen LogP contribution in [0.5, 0.6) is 5.75 Å². The predicted molar refractivity (Wildman–Crippen MR) is 94.8 cm³/mol. The first-order valence-electron chi connectivity index (χ1n) is 7.84. The Morgan fingerprint density at radius 2 is 2.20 bits per heavy atom. The highest BCUT2D eigenvalue weighted by Crippen LogP contribution is 2.31. The summed E-state index contributed by atoms with van der Waals surface area (Å²) in [5.74, 6) is 1.83. The molecule has 25 heavy (non-hydrogen) atoms. The predicted octanol–water partition coefficient (Wildman–Crippen LogP) is 3.38. The van der Waals surface area contributed by atoms with Crippen molar-refractivity contribution < 1.29 is 9.53 Å². The number of hydrogen-bond donors (Lipinski definition) is 2. The van der Waals surface area contributed by atoms with E-state index in [1.165, 1.54) is 0 Å². The van der Waals surface area contributed by atoms with E-state index in [9.17, 15) is 4.79 Å². The smallest absolute Gasteiger partial charge is 0.265 e. The van der Waals surface area contributed by atoms with Crippen molar-refractivity contribution in [1.29, 1.82) is 0 Å². The zero-order chi connectivity index (χ0) is 17.4. The highest BCUT2D eigenvalue weighted by Gasteiger charge is 2.29. The highest BCUT2D eigenvalue weighted by molar-refractivity contribution is 6.30. The average Bonchev–Trinajstić information content (AvgIpc) is 3.21. The minimum absolute atomic E-state index is 0.198. The maximum atomic E-state index is 12.5. The molecule has 126 valence electrons. The lowest BCUT2D eigenvalue weighted by Crippen LogP contribution is -2.31. The molecule has 3 aromatic rings. The number of nitrogens with zero attached hydrogens (tertiary/aromatic N) is 2. The van der Waals surface area contributed by atoms with Crippen LogP contribution in [-0.4, -0.2) is 27.2 Å². The maximum absolute atomic E-state index is 12.5. The summed E-state index contributed by atoms with van der Waals surface area (Å²) in [6, 6.07) is 12.8.